The maximum absolute atomic E-state index is 10.1. The number of aliphatic hydroxyl groups is 4. The van der Waals surface area contributed by atoms with E-state index in [1.807, 2.05) is 18.2 Å². The Bertz CT molecular complexity index is 438. The van der Waals surface area contributed by atoms with E-state index in [9.17, 15) is 20.4 Å². The topological polar surface area (TPSA) is 109 Å². The minimum absolute atomic E-state index is 0.0533. The number of benzene rings is 1. The van der Waals surface area contributed by atoms with Gasteiger partial charge in [0, 0.05) is 7.11 Å². The van der Waals surface area contributed by atoms with Crippen LogP contribution in [0, 0.1) is 0 Å². The van der Waals surface area contributed by atoms with Crippen LogP contribution in [-0.4, -0.2) is 64.5 Å². The van der Waals surface area contributed by atoms with E-state index in [1.165, 1.54) is 7.11 Å². The summed E-state index contributed by atoms with van der Waals surface area (Å²) in [5.74, 6) is -1.87. The van der Waals surface area contributed by atoms with Gasteiger partial charge >= 0.3 is 0 Å². The Labute approximate surface area is 122 Å². The zero-order valence-corrected chi connectivity index (χ0v) is 11.6. The van der Waals surface area contributed by atoms with E-state index >= 15 is 0 Å². The van der Waals surface area contributed by atoms with Crippen molar-refractivity contribution in [2.45, 2.75) is 37.0 Å². The second kappa shape index (κ2) is 6.80. The highest BCUT2D eigenvalue weighted by molar-refractivity contribution is 5.13. The molecule has 5 atom stereocenters. The molecule has 2 rings (SSSR count). The van der Waals surface area contributed by atoms with E-state index in [4.69, 9.17) is 14.2 Å². The number of rotatable bonds is 5. The van der Waals surface area contributed by atoms with Crippen LogP contribution in [0.25, 0.3) is 0 Å². The van der Waals surface area contributed by atoms with Gasteiger partial charge in [0.1, 0.15) is 24.9 Å². The summed E-state index contributed by atoms with van der Waals surface area (Å²) in [7, 11) is 1.28. The van der Waals surface area contributed by atoms with Gasteiger partial charge < -0.3 is 34.6 Å². The second-order valence-corrected chi connectivity index (χ2v) is 4.89. The van der Waals surface area contributed by atoms with Gasteiger partial charge in [0.15, 0.2) is 6.29 Å². The quantitative estimate of drug-likeness (QED) is 0.551. The normalized spacial score (nSPS) is 36.6. The summed E-state index contributed by atoms with van der Waals surface area (Å²) < 4.78 is 15.7. The van der Waals surface area contributed by atoms with Crippen molar-refractivity contribution in [3.63, 3.8) is 0 Å². The third-order valence-electron chi connectivity index (χ3n) is 3.50. The van der Waals surface area contributed by atoms with E-state index in [2.05, 4.69) is 0 Å². The van der Waals surface area contributed by atoms with Gasteiger partial charge in [-0.15, -0.1) is 0 Å². The molecular formula is C14H20O7. The van der Waals surface area contributed by atoms with Crippen LogP contribution in [0.5, 0.6) is 0 Å². The average molecular weight is 300 g/mol. The molecule has 1 aromatic carbocycles. The monoisotopic (exact) mass is 300 g/mol. The van der Waals surface area contributed by atoms with Crippen molar-refractivity contribution in [2.75, 3.05) is 13.7 Å². The van der Waals surface area contributed by atoms with Crippen LogP contribution in [-0.2, 0) is 20.8 Å². The van der Waals surface area contributed by atoms with Crippen molar-refractivity contribution in [1.82, 2.24) is 0 Å². The third-order valence-corrected chi connectivity index (χ3v) is 3.50. The van der Waals surface area contributed by atoms with Crippen molar-refractivity contribution in [3.05, 3.63) is 35.9 Å². The molecule has 4 N–H and O–H groups in total. The van der Waals surface area contributed by atoms with E-state index in [0.29, 0.717) is 0 Å². The molecule has 0 aliphatic carbocycles. The number of aliphatic hydroxyl groups excluding tert-OH is 4. The maximum atomic E-state index is 10.1. The van der Waals surface area contributed by atoms with Gasteiger partial charge in [-0.1, -0.05) is 30.3 Å². The summed E-state index contributed by atoms with van der Waals surface area (Å²) in [6, 6.07) is 9.09. The van der Waals surface area contributed by atoms with Crippen molar-refractivity contribution in [2.24, 2.45) is 0 Å². The molecule has 1 saturated heterocycles. The van der Waals surface area contributed by atoms with Crippen LogP contribution >= 0.6 is 0 Å². The van der Waals surface area contributed by atoms with Crippen molar-refractivity contribution < 1.29 is 34.6 Å². The molecule has 1 heterocycles. The molecular weight excluding hydrogens is 280 g/mol. The Morgan fingerprint density at radius 1 is 1.14 bits per heavy atom. The molecule has 118 valence electrons. The molecule has 0 bridgehead atoms. The highest BCUT2D eigenvalue weighted by Crippen LogP contribution is 2.32. The molecule has 0 aromatic heterocycles. The fraction of sp³-hybridized carbons (Fsp3) is 0.571. The first kappa shape index (κ1) is 16.3. The second-order valence-electron chi connectivity index (χ2n) is 4.89. The summed E-state index contributed by atoms with van der Waals surface area (Å²) in [6.07, 6.45) is -5.84. The molecule has 0 spiro atoms. The summed E-state index contributed by atoms with van der Waals surface area (Å²) in [4.78, 5) is 0. The van der Waals surface area contributed by atoms with Crippen molar-refractivity contribution >= 4 is 0 Å². The van der Waals surface area contributed by atoms with E-state index in [0.717, 1.165) is 5.56 Å². The van der Waals surface area contributed by atoms with Crippen molar-refractivity contribution in [1.29, 1.82) is 0 Å². The Morgan fingerprint density at radius 2 is 1.81 bits per heavy atom. The van der Waals surface area contributed by atoms with Gasteiger partial charge in [0.05, 0.1) is 6.61 Å². The highest BCUT2D eigenvalue weighted by atomic mass is 16.8. The van der Waals surface area contributed by atoms with Gasteiger partial charge in [0.25, 0.3) is 0 Å². The lowest BCUT2D eigenvalue weighted by molar-refractivity contribution is -0.408. The van der Waals surface area contributed by atoms with E-state index in [1.54, 1.807) is 12.1 Å². The minimum atomic E-state index is -1.87. The summed E-state index contributed by atoms with van der Waals surface area (Å²) in [5, 5.41) is 39.2. The average Bonchev–Trinajstić information content (AvgIpc) is 2.53. The number of hydrogen-bond acceptors (Lipinski definition) is 7. The largest absolute Gasteiger partial charge is 0.391 e. The molecule has 1 aliphatic rings. The first-order chi connectivity index (χ1) is 10.0. The van der Waals surface area contributed by atoms with Crippen LogP contribution in [0.2, 0.25) is 0 Å². The molecule has 1 fully saturated rings. The molecule has 21 heavy (non-hydrogen) atoms. The molecule has 0 amide bonds. The Balaban J connectivity index is 2.14. The number of ether oxygens (including phenoxy) is 3. The van der Waals surface area contributed by atoms with Crippen LogP contribution in [0.4, 0.5) is 0 Å². The molecule has 7 heteroatoms. The molecule has 0 saturated carbocycles. The van der Waals surface area contributed by atoms with Crippen LogP contribution in [0.1, 0.15) is 5.56 Å². The summed E-state index contributed by atoms with van der Waals surface area (Å²) in [6.45, 7) is -0.650. The predicted molar refractivity (Wildman–Crippen MR) is 71.0 cm³/mol. The van der Waals surface area contributed by atoms with E-state index in [-0.39, 0.29) is 6.61 Å². The van der Waals surface area contributed by atoms with Gasteiger partial charge in [-0.3, -0.25) is 0 Å². The molecule has 0 radical (unpaired) electrons. The summed E-state index contributed by atoms with van der Waals surface area (Å²) in [5.41, 5.74) is 0.802. The third kappa shape index (κ3) is 3.24. The van der Waals surface area contributed by atoms with Gasteiger partial charge in [-0.2, -0.15) is 0 Å². The fourth-order valence-corrected chi connectivity index (χ4v) is 2.21. The van der Waals surface area contributed by atoms with Gasteiger partial charge in [-0.25, -0.2) is 0 Å². The lowest BCUT2D eigenvalue weighted by Gasteiger charge is -2.46. The van der Waals surface area contributed by atoms with Crippen LogP contribution < -0.4 is 0 Å². The van der Waals surface area contributed by atoms with E-state index < -0.39 is 37.0 Å². The Hall–Kier alpha value is -1.06. The maximum Gasteiger partial charge on any atom is 0.223 e. The first-order valence-electron chi connectivity index (χ1n) is 6.57. The zero-order valence-electron chi connectivity index (χ0n) is 11.6. The number of hydrogen-bond donors (Lipinski definition) is 4. The zero-order chi connectivity index (χ0) is 15.5. The molecule has 1 aromatic rings. The molecule has 7 nitrogen and oxygen atoms in total. The lowest BCUT2D eigenvalue weighted by Crippen LogP contribution is -2.67. The fourth-order valence-electron chi connectivity index (χ4n) is 2.21. The van der Waals surface area contributed by atoms with Crippen molar-refractivity contribution in [3.8, 4) is 0 Å². The Kier molecular flexibility index (Phi) is 5.28. The highest BCUT2D eigenvalue weighted by Gasteiger charge is 2.54. The standard InChI is InChI=1S/C14H20O7/c1-19-13-11(17)10(16)12(18)14(8-15,21-13)20-7-9-5-3-2-4-6-9/h2-6,10-13,15-18H,7-8H2,1H3/t10-,11-,12+,13-,14-/m1/s1. The molecule has 1 aliphatic heterocycles. The first-order valence-corrected chi connectivity index (χ1v) is 6.57. The smallest absolute Gasteiger partial charge is 0.223 e. The SMILES string of the molecule is CO[C@@H]1O[C@@](CO)(OCc2ccccc2)[C@@H](O)[C@H](O)[C@H]1O. The van der Waals surface area contributed by atoms with Gasteiger partial charge in [-0.05, 0) is 5.56 Å². The summed E-state index contributed by atoms with van der Waals surface area (Å²) >= 11 is 0. The molecule has 0 unspecified atom stereocenters. The number of methoxy groups -OCH3 is 1. The predicted octanol–water partition coefficient (Wildman–Crippen LogP) is -1.02. The van der Waals surface area contributed by atoms with Gasteiger partial charge in [0.2, 0.25) is 5.79 Å². The van der Waals surface area contributed by atoms with Crippen LogP contribution in [0.3, 0.4) is 0 Å². The Morgan fingerprint density at radius 3 is 2.38 bits per heavy atom. The van der Waals surface area contributed by atoms with Crippen LogP contribution in [0.15, 0.2) is 30.3 Å². The lowest BCUT2D eigenvalue weighted by atomic mass is 9.96. The minimum Gasteiger partial charge on any atom is -0.391 e.